The van der Waals surface area contributed by atoms with E-state index in [1.165, 1.54) is 0 Å². The van der Waals surface area contributed by atoms with Crippen LogP contribution in [0.3, 0.4) is 0 Å². The number of hydrogen-bond acceptors (Lipinski definition) is 4. The van der Waals surface area contributed by atoms with E-state index in [2.05, 4.69) is 0 Å². The molecule has 160 valence electrons. The molecule has 0 saturated carbocycles. The molecule has 6 heteroatoms. The average Bonchev–Trinajstić information content (AvgIpc) is 3.10. The molecule has 0 bridgehead atoms. The third-order valence-corrected chi connectivity index (χ3v) is 6.07. The summed E-state index contributed by atoms with van der Waals surface area (Å²) in [5, 5.41) is 1.01. The minimum atomic E-state index is -0.560. The maximum absolute atomic E-state index is 13.4. The molecule has 1 unspecified atom stereocenters. The van der Waals surface area contributed by atoms with E-state index >= 15 is 0 Å². The maximum Gasteiger partial charge on any atom is 0.290 e. The molecule has 1 aromatic heterocycles. The maximum atomic E-state index is 13.4. The molecule has 4 aromatic rings. The molecule has 3 aromatic carbocycles. The SMILES string of the molecule is COc1ccc(CCN2C(=O)c3oc4ccccc4c(=O)c3C2c2cccc(Cl)c2)cc1. The lowest BCUT2D eigenvalue weighted by molar-refractivity contribution is 0.0730. The quantitative estimate of drug-likeness (QED) is 0.421. The van der Waals surface area contributed by atoms with Gasteiger partial charge in [0.15, 0.2) is 5.43 Å². The van der Waals surface area contributed by atoms with Gasteiger partial charge in [0.2, 0.25) is 5.76 Å². The molecule has 5 nitrogen and oxygen atoms in total. The van der Waals surface area contributed by atoms with Gasteiger partial charge in [-0.05, 0) is 53.9 Å². The van der Waals surface area contributed by atoms with Gasteiger partial charge in [0.1, 0.15) is 11.3 Å². The molecule has 0 spiro atoms. The van der Waals surface area contributed by atoms with Crippen molar-refractivity contribution in [2.75, 3.05) is 13.7 Å². The second-order valence-corrected chi connectivity index (χ2v) is 8.16. The Labute approximate surface area is 189 Å². The molecule has 1 amide bonds. The summed E-state index contributed by atoms with van der Waals surface area (Å²) in [5.41, 5.74) is 2.43. The van der Waals surface area contributed by atoms with Crippen molar-refractivity contribution in [2.45, 2.75) is 12.5 Å². The van der Waals surface area contributed by atoms with Gasteiger partial charge in [-0.3, -0.25) is 9.59 Å². The minimum Gasteiger partial charge on any atom is -0.497 e. The number of amides is 1. The monoisotopic (exact) mass is 445 g/mol. The largest absolute Gasteiger partial charge is 0.497 e. The second-order valence-electron chi connectivity index (χ2n) is 7.72. The zero-order valence-corrected chi connectivity index (χ0v) is 18.1. The van der Waals surface area contributed by atoms with Gasteiger partial charge in [-0.2, -0.15) is 0 Å². The van der Waals surface area contributed by atoms with Gasteiger partial charge in [-0.15, -0.1) is 0 Å². The van der Waals surface area contributed by atoms with Crippen molar-refractivity contribution in [1.82, 2.24) is 4.90 Å². The topological polar surface area (TPSA) is 59.8 Å². The van der Waals surface area contributed by atoms with Gasteiger partial charge in [0, 0.05) is 11.6 Å². The number of para-hydroxylation sites is 1. The van der Waals surface area contributed by atoms with Crippen LogP contribution in [0.25, 0.3) is 11.0 Å². The summed E-state index contributed by atoms with van der Waals surface area (Å²) in [6.07, 6.45) is 0.620. The summed E-state index contributed by atoms with van der Waals surface area (Å²) >= 11 is 6.25. The number of benzene rings is 3. The fraction of sp³-hybridized carbons (Fsp3) is 0.154. The fourth-order valence-corrected chi connectivity index (χ4v) is 4.46. The van der Waals surface area contributed by atoms with Crippen LogP contribution in [0.5, 0.6) is 5.75 Å². The Morgan fingerprint density at radius 2 is 1.78 bits per heavy atom. The van der Waals surface area contributed by atoms with Gasteiger partial charge < -0.3 is 14.1 Å². The van der Waals surface area contributed by atoms with E-state index in [1.807, 2.05) is 36.4 Å². The van der Waals surface area contributed by atoms with Crippen LogP contribution < -0.4 is 10.2 Å². The zero-order chi connectivity index (χ0) is 22.2. The predicted octanol–water partition coefficient (Wildman–Crippen LogP) is 5.24. The van der Waals surface area contributed by atoms with Crippen molar-refractivity contribution < 1.29 is 13.9 Å². The highest BCUT2D eigenvalue weighted by atomic mass is 35.5. The molecule has 1 aliphatic heterocycles. The number of hydrogen-bond donors (Lipinski definition) is 0. The molecule has 0 fully saturated rings. The van der Waals surface area contributed by atoms with Crippen molar-refractivity contribution in [3.63, 3.8) is 0 Å². The van der Waals surface area contributed by atoms with Gasteiger partial charge >= 0.3 is 0 Å². The first-order valence-electron chi connectivity index (χ1n) is 10.3. The molecule has 2 heterocycles. The number of carbonyl (C=O) groups excluding carboxylic acids is 1. The summed E-state index contributed by atoms with van der Waals surface area (Å²) in [6.45, 7) is 0.419. The van der Waals surface area contributed by atoms with E-state index in [0.717, 1.165) is 16.9 Å². The van der Waals surface area contributed by atoms with Crippen LogP contribution in [0.2, 0.25) is 5.02 Å². The molecule has 0 radical (unpaired) electrons. The Hall–Kier alpha value is -3.57. The van der Waals surface area contributed by atoms with Crippen LogP contribution in [-0.4, -0.2) is 24.5 Å². The van der Waals surface area contributed by atoms with E-state index in [-0.39, 0.29) is 17.1 Å². The molecule has 0 N–H and O–H groups in total. The zero-order valence-electron chi connectivity index (χ0n) is 17.4. The second kappa shape index (κ2) is 8.17. The number of fused-ring (bicyclic) bond motifs is 2. The van der Waals surface area contributed by atoms with Crippen LogP contribution in [-0.2, 0) is 6.42 Å². The van der Waals surface area contributed by atoms with Crippen LogP contribution in [0, 0.1) is 0 Å². The van der Waals surface area contributed by atoms with E-state index < -0.39 is 6.04 Å². The summed E-state index contributed by atoms with van der Waals surface area (Å²) < 4.78 is 11.2. The van der Waals surface area contributed by atoms with Gasteiger partial charge in [0.25, 0.3) is 5.91 Å². The molecular formula is C26H20ClNO4. The van der Waals surface area contributed by atoms with Crippen LogP contribution in [0.4, 0.5) is 0 Å². The Kier molecular flexibility index (Phi) is 5.19. The Balaban J connectivity index is 1.59. The van der Waals surface area contributed by atoms with E-state index in [4.69, 9.17) is 20.8 Å². The highest BCUT2D eigenvalue weighted by molar-refractivity contribution is 6.30. The van der Waals surface area contributed by atoms with E-state index in [0.29, 0.717) is 34.5 Å². The first kappa shape index (κ1) is 20.3. The number of carbonyl (C=O) groups is 1. The highest BCUT2D eigenvalue weighted by Crippen LogP contribution is 2.38. The first-order valence-corrected chi connectivity index (χ1v) is 10.7. The number of nitrogens with zero attached hydrogens (tertiary/aromatic N) is 1. The van der Waals surface area contributed by atoms with Gasteiger partial charge in [0.05, 0.1) is 24.1 Å². The van der Waals surface area contributed by atoms with Gasteiger partial charge in [-0.25, -0.2) is 0 Å². The molecule has 1 atom stereocenters. The van der Waals surface area contributed by atoms with E-state index in [9.17, 15) is 9.59 Å². The summed E-state index contributed by atoms with van der Waals surface area (Å²) in [4.78, 5) is 28.6. The summed E-state index contributed by atoms with van der Waals surface area (Å²) in [6, 6.07) is 21.4. The molecule has 32 heavy (non-hydrogen) atoms. The van der Waals surface area contributed by atoms with Crippen LogP contribution in [0.1, 0.15) is 33.3 Å². The lowest BCUT2D eigenvalue weighted by atomic mass is 9.98. The van der Waals surface area contributed by atoms with Crippen molar-refractivity contribution in [1.29, 1.82) is 0 Å². The minimum absolute atomic E-state index is 0.105. The molecule has 0 aliphatic carbocycles. The summed E-state index contributed by atoms with van der Waals surface area (Å²) in [7, 11) is 1.62. The Bertz CT molecular complexity index is 1380. The molecule has 1 aliphatic rings. The number of rotatable bonds is 5. The molecular weight excluding hydrogens is 426 g/mol. The smallest absolute Gasteiger partial charge is 0.290 e. The van der Waals surface area contributed by atoms with Crippen molar-refractivity contribution in [3.8, 4) is 5.75 Å². The normalized spacial score (nSPS) is 15.2. The molecule has 5 rings (SSSR count). The van der Waals surface area contributed by atoms with E-state index in [1.54, 1.807) is 48.4 Å². The third-order valence-electron chi connectivity index (χ3n) is 5.84. The Morgan fingerprint density at radius 1 is 1.00 bits per heavy atom. The number of ether oxygens (including phenoxy) is 1. The highest BCUT2D eigenvalue weighted by Gasteiger charge is 2.42. The van der Waals surface area contributed by atoms with Gasteiger partial charge in [-0.1, -0.05) is 48.0 Å². The van der Waals surface area contributed by atoms with Crippen LogP contribution >= 0.6 is 11.6 Å². The van der Waals surface area contributed by atoms with Crippen molar-refractivity contribution >= 4 is 28.5 Å². The lowest BCUT2D eigenvalue weighted by Crippen LogP contribution is -2.31. The molecule has 0 saturated heterocycles. The lowest BCUT2D eigenvalue weighted by Gasteiger charge is -2.25. The number of methoxy groups -OCH3 is 1. The first-order chi connectivity index (χ1) is 15.6. The average molecular weight is 446 g/mol. The van der Waals surface area contributed by atoms with Crippen molar-refractivity contribution in [2.24, 2.45) is 0 Å². The summed E-state index contributed by atoms with van der Waals surface area (Å²) in [5.74, 6) is 0.589. The Morgan fingerprint density at radius 3 is 2.53 bits per heavy atom. The fourth-order valence-electron chi connectivity index (χ4n) is 4.26. The van der Waals surface area contributed by atoms with Crippen molar-refractivity contribution in [3.05, 3.63) is 110 Å². The number of halogens is 1. The van der Waals surface area contributed by atoms with Crippen LogP contribution in [0.15, 0.2) is 82.0 Å². The third kappa shape index (κ3) is 3.45. The standard InChI is InChI=1S/C26H20ClNO4/c1-31-19-11-9-16(10-12-19)13-14-28-23(17-5-4-6-18(27)15-17)22-24(29)20-7-2-3-8-21(20)32-25(22)26(28)30/h2-12,15,23H,13-14H2,1H3. The predicted molar refractivity (Wildman–Crippen MR) is 124 cm³/mol.